The Morgan fingerprint density at radius 2 is 1.78 bits per heavy atom. The molecule has 1 heterocycles. The fourth-order valence-corrected chi connectivity index (χ4v) is 2.49. The summed E-state index contributed by atoms with van der Waals surface area (Å²) >= 11 is 0. The molecule has 0 fully saturated rings. The number of hydrogen-bond donors (Lipinski definition) is 2. The van der Waals surface area contributed by atoms with Crippen LogP contribution in [-0.4, -0.2) is 15.9 Å². The summed E-state index contributed by atoms with van der Waals surface area (Å²) in [4.78, 5) is 20.7. The summed E-state index contributed by atoms with van der Waals surface area (Å²) < 4.78 is 0. The largest absolute Gasteiger partial charge is 0.339 e. The maximum Gasteiger partial charge on any atom is 0.275 e. The summed E-state index contributed by atoms with van der Waals surface area (Å²) in [5, 5.41) is 14.9. The lowest BCUT2D eigenvalue weighted by Gasteiger charge is -2.09. The molecule has 0 aliphatic heterocycles. The van der Waals surface area contributed by atoms with Crippen LogP contribution in [0.2, 0.25) is 0 Å². The van der Waals surface area contributed by atoms with Crippen molar-refractivity contribution in [1.29, 1.82) is 5.26 Å². The Bertz CT molecular complexity index is 973. The fourth-order valence-electron chi connectivity index (χ4n) is 2.49. The minimum Gasteiger partial charge on any atom is -0.339 e. The van der Waals surface area contributed by atoms with E-state index in [1.54, 1.807) is 24.3 Å². The molecule has 0 unspecified atom stereocenters. The quantitative estimate of drug-likeness (QED) is 0.703. The first-order valence-corrected chi connectivity index (χ1v) is 8.56. The van der Waals surface area contributed by atoms with Crippen molar-refractivity contribution in [3.63, 3.8) is 0 Å². The Morgan fingerprint density at radius 1 is 1.04 bits per heavy atom. The van der Waals surface area contributed by atoms with Gasteiger partial charge in [-0.25, -0.2) is 9.97 Å². The molecule has 3 rings (SSSR count). The fraction of sp³-hybridized carbons (Fsp3) is 0.143. The van der Waals surface area contributed by atoms with Crippen LogP contribution in [0.5, 0.6) is 0 Å². The number of nitrogens with zero attached hydrogens (tertiary/aromatic N) is 3. The number of para-hydroxylation sites is 1. The van der Waals surface area contributed by atoms with Crippen molar-refractivity contribution >= 4 is 23.1 Å². The van der Waals surface area contributed by atoms with Gasteiger partial charge < -0.3 is 10.6 Å². The predicted molar refractivity (Wildman–Crippen MR) is 105 cm³/mol. The number of anilines is 3. The second-order valence-electron chi connectivity index (χ2n) is 6.30. The van der Waals surface area contributed by atoms with Crippen LogP contribution in [0.3, 0.4) is 0 Å². The first-order chi connectivity index (χ1) is 13.1. The molecule has 0 atom stereocenters. The summed E-state index contributed by atoms with van der Waals surface area (Å²) in [5.41, 5.74) is 3.16. The number of benzene rings is 2. The molecule has 0 aliphatic carbocycles. The number of amides is 1. The molecule has 0 bridgehead atoms. The van der Waals surface area contributed by atoms with Crippen molar-refractivity contribution in [2.45, 2.75) is 19.8 Å². The van der Waals surface area contributed by atoms with Crippen LogP contribution in [0.4, 0.5) is 17.2 Å². The van der Waals surface area contributed by atoms with Gasteiger partial charge in [-0.2, -0.15) is 5.26 Å². The number of rotatable bonds is 5. The molecular weight excluding hydrogens is 338 g/mol. The molecule has 1 amide bonds. The van der Waals surface area contributed by atoms with Crippen molar-refractivity contribution in [2.75, 3.05) is 10.6 Å². The van der Waals surface area contributed by atoms with Gasteiger partial charge in [0.1, 0.15) is 17.6 Å². The summed E-state index contributed by atoms with van der Waals surface area (Å²) in [7, 11) is 0. The third-order valence-electron chi connectivity index (χ3n) is 4.03. The van der Waals surface area contributed by atoms with Crippen LogP contribution in [0.25, 0.3) is 0 Å². The summed E-state index contributed by atoms with van der Waals surface area (Å²) in [6, 6.07) is 16.9. The first-order valence-electron chi connectivity index (χ1n) is 8.56. The first kappa shape index (κ1) is 18.1. The van der Waals surface area contributed by atoms with Gasteiger partial charge in [-0.1, -0.05) is 38.1 Å². The van der Waals surface area contributed by atoms with Crippen molar-refractivity contribution in [1.82, 2.24) is 9.97 Å². The summed E-state index contributed by atoms with van der Waals surface area (Å²) in [5.74, 6) is 0.599. The van der Waals surface area contributed by atoms with Crippen LogP contribution in [0.15, 0.2) is 60.9 Å². The van der Waals surface area contributed by atoms with E-state index in [1.807, 2.05) is 18.2 Å². The molecule has 6 nitrogen and oxygen atoms in total. The molecule has 0 radical (unpaired) electrons. The minimum atomic E-state index is -0.418. The molecule has 0 spiro atoms. The van der Waals surface area contributed by atoms with Crippen molar-refractivity contribution in [2.24, 2.45) is 0 Å². The van der Waals surface area contributed by atoms with E-state index in [-0.39, 0.29) is 5.69 Å². The Kier molecular flexibility index (Phi) is 5.43. The molecule has 2 N–H and O–H groups in total. The monoisotopic (exact) mass is 357 g/mol. The van der Waals surface area contributed by atoms with Gasteiger partial charge in [-0.05, 0) is 35.7 Å². The van der Waals surface area contributed by atoms with Crippen molar-refractivity contribution < 1.29 is 4.79 Å². The van der Waals surface area contributed by atoms with Crippen LogP contribution < -0.4 is 10.6 Å². The lowest BCUT2D eigenvalue weighted by molar-refractivity contribution is 0.102. The molecular formula is C21H19N5O. The minimum absolute atomic E-state index is 0.170. The topological polar surface area (TPSA) is 90.7 Å². The second-order valence-corrected chi connectivity index (χ2v) is 6.30. The van der Waals surface area contributed by atoms with E-state index in [4.69, 9.17) is 5.26 Å². The molecule has 134 valence electrons. The van der Waals surface area contributed by atoms with Crippen molar-refractivity contribution in [3.8, 4) is 6.07 Å². The number of carbonyl (C=O) groups excluding carboxylic acids is 1. The summed E-state index contributed by atoms with van der Waals surface area (Å²) in [6.07, 6.45) is 2.90. The molecule has 3 aromatic rings. The Hall–Kier alpha value is -3.72. The molecule has 0 saturated heterocycles. The number of nitriles is 1. The zero-order chi connectivity index (χ0) is 19.2. The van der Waals surface area contributed by atoms with Crippen LogP contribution in [0, 0.1) is 11.3 Å². The van der Waals surface area contributed by atoms with Gasteiger partial charge in [0.25, 0.3) is 5.91 Å². The standard InChI is InChI=1S/C21H19N5O/c1-14(2)15-7-9-17(10-8-15)25-20-13-23-19(12-24-20)21(27)26-18-6-4-3-5-16(18)11-22/h3-10,12-14H,1-2H3,(H,24,25)(H,26,27). The maximum atomic E-state index is 12.3. The van der Waals surface area contributed by atoms with Crippen LogP contribution in [-0.2, 0) is 0 Å². The molecule has 27 heavy (non-hydrogen) atoms. The number of nitrogens with one attached hydrogen (secondary N) is 2. The molecule has 0 saturated carbocycles. The van der Waals surface area contributed by atoms with Gasteiger partial charge in [0, 0.05) is 5.69 Å². The van der Waals surface area contributed by atoms with Crippen LogP contribution >= 0.6 is 0 Å². The average molecular weight is 357 g/mol. The van der Waals surface area contributed by atoms with E-state index >= 15 is 0 Å². The molecule has 6 heteroatoms. The smallest absolute Gasteiger partial charge is 0.275 e. The predicted octanol–water partition coefficient (Wildman–Crippen LogP) is 4.47. The molecule has 1 aromatic heterocycles. The Balaban J connectivity index is 1.67. The SMILES string of the molecule is CC(C)c1ccc(Nc2cnc(C(=O)Nc3ccccc3C#N)cn2)cc1. The lowest BCUT2D eigenvalue weighted by atomic mass is 10.0. The van der Waals surface area contributed by atoms with Gasteiger partial charge in [0.2, 0.25) is 0 Å². The third-order valence-corrected chi connectivity index (χ3v) is 4.03. The number of aromatic nitrogens is 2. The number of hydrogen-bond acceptors (Lipinski definition) is 5. The normalized spacial score (nSPS) is 10.3. The number of carbonyl (C=O) groups is 1. The van der Waals surface area contributed by atoms with Gasteiger partial charge in [0.05, 0.1) is 23.6 Å². The van der Waals surface area contributed by atoms with Gasteiger partial charge in [0.15, 0.2) is 0 Å². The molecule has 0 aliphatic rings. The van der Waals surface area contributed by atoms with E-state index in [0.717, 1.165) is 5.69 Å². The highest BCUT2D eigenvalue weighted by molar-refractivity contribution is 6.03. The zero-order valence-corrected chi connectivity index (χ0v) is 15.1. The maximum absolute atomic E-state index is 12.3. The van der Waals surface area contributed by atoms with Gasteiger partial charge in [-0.15, -0.1) is 0 Å². The average Bonchev–Trinajstić information content (AvgIpc) is 2.69. The van der Waals surface area contributed by atoms with Gasteiger partial charge in [-0.3, -0.25) is 4.79 Å². The lowest BCUT2D eigenvalue weighted by Crippen LogP contribution is -2.15. The Morgan fingerprint density at radius 3 is 2.41 bits per heavy atom. The van der Waals surface area contributed by atoms with E-state index in [0.29, 0.717) is 23.0 Å². The highest BCUT2D eigenvalue weighted by atomic mass is 16.1. The highest BCUT2D eigenvalue weighted by Crippen LogP contribution is 2.19. The Labute approximate surface area is 157 Å². The van der Waals surface area contributed by atoms with E-state index in [9.17, 15) is 4.79 Å². The van der Waals surface area contributed by atoms with E-state index in [1.165, 1.54) is 18.0 Å². The highest BCUT2D eigenvalue weighted by Gasteiger charge is 2.11. The van der Waals surface area contributed by atoms with Crippen molar-refractivity contribution in [3.05, 3.63) is 77.7 Å². The van der Waals surface area contributed by atoms with Gasteiger partial charge >= 0.3 is 0 Å². The van der Waals surface area contributed by atoms with E-state index in [2.05, 4.69) is 46.6 Å². The second kappa shape index (κ2) is 8.11. The van der Waals surface area contributed by atoms with E-state index < -0.39 is 5.91 Å². The summed E-state index contributed by atoms with van der Waals surface area (Å²) in [6.45, 7) is 4.29. The zero-order valence-electron chi connectivity index (χ0n) is 15.1. The molecule has 2 aromatic carbocycles. The third kappa shape index (κ3) is 4.47. The van der Waals surface area contributed by atoms with Crippen LogP contribution in [0.1, 0.15) is 41.4 Å².